The van der Waals surface area contributed by atoms with E-state index in [0.29, 0.717) is 24.6 Å². The highest BCUT2D eigenvalue weighted by molar-refractivity contribution is 7.89. The number of rotatable bonds is 7. The summed E-state index contributed by atoms with van der Waals surface area (Å²) in [6.45, 7) is 0.999. The molecule has 0 amide bonds. The van der Waals surface area contributed by atoms with Gasteiger partial charge in [-0.15, -0.1) is 0 Å². The molecule has 3 rings (SSSR count). The van der Waals surface area contributed by atoms with Crippen molar-refractivity contribution < 1.29 is 12.8 Å². The van der Waals surface area contributed by atoms with E-state index in [-0.39, 0.29) is 10.9 Å². The minimum Gasteiger partial charge on any atom is -0.316 e. The van der Waals surface area contributed by atoms with Crippen LogP contribution in [0, 0.1) is 11.7 Å². The van der Waals surface area contributed by atoms with Gasteiger partial charge in [0.1, 0.15) is 5.82 Å². The predicted molar refractivity (Wildman–Crippen MR) is 78.8 cm³/mol. The van der Waals surface area contributed by atoms with Gasteiger partial charge in [0.2, 0.25) is 10.0 Å². The third-order valence-electron chi connectivity index (χ3n) is 4.07. The van der Waals surface area contributed by atoms with Gasteiger partial charge in [0.05, 0.1) is 4.90 Å². The van der Waals surface area contributed by atoms with Crippen molar-refractivity contribution in [2.75, 3.05) is 13.6 Å². The van der Waals surface area contributed by atoms with Crippen LogP contribution in [0.25, 0.3) is 0 Å². The Bertz CT molecular complexity index is 625. The minimum atomic E-state index is -3.61. The minimum absolute atomic E-state index is 0.112. The van der Waals surface area contributed by atoms with Gasteiger partial charge in [-0.2, -0.15) is 4.31 Å². The average Bonchev–Trinajstić information content (AvgIpc) is 3.31. The Morgan fingerprint density at radius 1 is 1.29 bits per heavy atom. The fraction of sp³-hybridized carbons (Fsp3) is 0.600. The highest BCUT2D eigenvalue weighted by Gasteiger charge is 2.41. The molecule has 2 saturated carbocycles. The zero-order valence-electron chi connectivity index (χ0n) is 12.2. The Balaban J connectivity index is 1.96. The van der Waals surface area contributed by atoms with Crippen molar-refractivity contribution >= 4 is 10.0 Å². The van der Waals surface area contributed by atoms with E-state index < -0.39 is 15.8 Å². The van der Waals surface area contributed by atoms with Gasteiger partial charge >= 0.3 is 0 Å². The molecule has 0 aliphatic heterocycles. The van der Waals surface area contributed by atoms with Crippen molar-refractivity contribution in [2.45, 2.75) is 43.2 Å². The van der Waals surface area contributed by atoms with Crippen LogP contribution in [0.3, 0.4) is 0 Å². The largest absolute Gasteiger partial charge is 0.316 e. The number of nitrogens with zero attached hydrogens (tertiary/aromatic N) is 1. The molecule has 116 valence electrons. The summed E-state index contributed by atoms with van der Waals surface area (Å²) in [6.07, 6.45) is 4.04. The van der Waals surface area contributed by atoms with E-state index in [2.05, 4.69) is 5.32 Å². The third-order valence-corrected chi connectivity index (χ3v) is 6.07. The van der Waals surface area contributed by atoms with E-state index in [4.69, 9.17) is 0 Å². The third kappa shape index (κ3) is 3.27. The van der Waals surface area contributed by atoms with Crippen LogP contribution >= 0.6 is 0 Å². The second-order valence-electron chi connectivity index (χ2n) is 6.03. The van der Waals surface area contributed by atoms with E-state index in [1.54, 1.807) is 17.4 Å². The van der Waals surface area contributed by atoms with E-state index in [0.717, 1.165) is 31.7 Å². The van der Waals surface area contributed by atoms with Gasteiger partial charge < -0.3 is 5.32 Å². The molecule has 2 aliphatic rings. The molecule has 21 heavy (non-hydrogen) atoms. The SMILES string of the molecule is CNCc1ccc(F)cc1S(=O)(=O)N(CC1CC1)C1CC1. The lowest BCUT2D eigenvalue weighted by molar-refractivity contribution is 0.388. The monoisotopic (exact) mass is 312 g/mol. The second kappa shape index (κ2) is 5.66. The first-order valence-corrected chi connectivity index (χ1v) is 8.91. The molecule has 0 atom stereocenters. The first kappa shape index (κ1) is 14.9. The molecular weight excluding hydrogens is 291 g/mol. The Kier molecular flexibility index (Phi) is 4.03. The second-order valence-corrected chi connectivity index (χ2v) is 7.89. The molecule has 1 aromatic carbocycles. The van der Waals surface area contributed by atoms with Crippen molar-refractivity contribution in [3.63, 3.8) is 0 Å². The fourth-order valence-corrected chi connectivity index (χ4v) is 4.59. The van der Waals surface area contributed by atoms with Crippen molar-refractivity contribution in [2.24, 2.45) is 5.92 Å². The number of hydrogen-bond acceptors (Lipinski definition) is 3. The van der Waals surface area contributed by atoms with Gasteiger partial charge in [0.15, 0.2) is 0 Å². The topological polar surface area (TPSA) is 49.4 Å². The predicted octanol–water partition coefficient (Wildman–Crippen LogP) is 2.11. The molecule has 0 unspecified atom stereocenters. The molecular formula is C15H21FN2O2S. The molecule has 6 heteroatoms. The number of nitrogens with one attached hydrogen (secondary N) is 1. The first-order valence-electron chi connectivity index (χ1n) is 7.47. The highest BCUT2D eigenvalue weighted by Crippen LogP contribution is 2.38. The molecule has 0 aromatic heterocycles. The van der Waals surface area contributed by atoms with E-state index in [1.165, 1.54) is 6.07 Å². The normalized spacial score (nSPS) is 19.2. The lowest BCUT2D eigenvalue weighted by Crippen LogP contribution is -2.35. The summed E-state index contributed by atoms with van der Waals surface area (Å²) in [4.78, 5) is 0.115. The molecule has 4 nitrogen and oxygen atoms in total. The summed E-state index contributed by atoms with van der Waals surface area (Å²) >= 11 is 0. The Hall–Kier alpha value is -0.980. The summed E-state index contributed by atoms with van der Waals surface area (Å²) < 4.78 is 41.1. The van der Waals surface area contributed by atoms with Crippen molar-refractivity contribution in [1.29, 1.82) is 0 Å². The van der Waals surface area contributed by atoms with Crippen molar-refractivity contribution in [3.05, 3.63) is 29.6 Å². The molecule has 0 heterocycles. The van der Waals surface area contributed by atoms with Gasteiger partial charge in [-0.1, -0.05) is 6.07 Å². The average molecular weight is 312 g/mol. The highest BCUT2D eigenvalue weighted by atomic mass is 32.2. The number of sulfonamides is 1. The summed E-state index contributed by atoms with van der Waals surface area (Å²) in [5.41, 5.74) is 0.625. The molecule has 0 saturated heterocycles. The summed E-state index contributed by atoms with van der Waals surface area (Å²) in [5.74, 6) is -0.0164. The van der Waals surface area contributed by atoms with Crippen LogP contribution in [-0.2, 0) is 16.6 Å². The summed E-state index contributed by atoms with van der Waals surface area (Å²) in [7, 11) is -1.86. The van der Waals surface area contributed by atoms with Gasteiger partial charge in [-0.05, 0) is 56.3 Å². The van der Waals surface area contributed by atoms with Crippen LogP contribution in [0.4, 0.5) is 4.39 Å². The zero-order chi connectivity index (χ0) is 15.0. The number of benzene rings is 1. The van der Waals surface area contributed by atoms with Crippen LogP contribution in [0.15, 0.2) is 23.1 Å². The molecule has 2 fully saturated rings. The Morgan fingerprint density at radius 3 is 2.57 bits per heavy atom. The van der Waals surface area contributed by atoms with Crippen LogP contribution < -0.4 is 5.32 Å². The standard InChI is InChI=1S/C15H21FN2O2S/c1-17-9-12-4-5-13(16)8-15(12)21(19,20)18(14-6-7-14)10-11-2-3-11/h4-5,8,11,14,17H,2-3,6-7,9-10H2,1H3. The maximum absolute atomic E-state index is 13.6. The summed E-state index contributed by atoms with van der Waals surface area (Å²) in [6, 6.07) is 4.14. The van der Waals surface area contributed by atoms with Crippen LogP contribution in [0.1, 0.15) is 31.2 Å². The molecule has 2 aliphatic carbocycles. The smallest absolute Gasteiger partial charge is 0.243 e. The quantitative estimate of drug-likeness (QED) is 0.839. The van der Waals surface area contributed by atoms with E-state index in [9.17, 15) is 12.8 Å². The van der Waals surface area contributed by atoms with Crippen LogP contribution in [0.5, 0.6) is 0 Å². The van der Waals surface area contributed by atoms with E-state index in [1.807, 2.05) is 0 Å². The maximum atomic E-state index is 13.6. The first-order chi connectivity index (χ1) is 10.0. The van der Waals surface area contributed by atoms with Gasteiger partial charge in [-0.3, -0.25) is 0 Å². The van der Waals surface area contributed by atoms with Crippen molar-refractivity contribution in [1.82, 2.24) is 9.62 Å². The Labute approximate surface area is 125 Å². The van der Waals surface area contributed by atoms with Gasteiger partial charge in [0, 0.05) is 19.1 Å². The van der Waals surface area contributed by atoms with Gasteiger partial charge in [0.25, 0.3) is 0 Å². The molecule has 0 radical (unpaired) electrons. The fourth-order valence-electron chi connectivity index (χ4n) is 2.59. The van der Waals surface area contributed by atoms with Crippen molar-refractivity contribution in [3.8, 4) is 0 Å². The molecule has 0 bridgehead atoms. The number of hydrogen-bond donors (Lipinski definition) is 1. The molecule has 0 spiro atoms. The van der Waals surface area contributed by atoms with Crippen LogP contribution in [0.2, 0.25) is 0 Å². The van der Waals surface area contributed by atoms with Crippen LogP contribution in [-0.4, -0.2) is 32.4 Å². The Morgan fingerprint density at radius 2 is 2.00 bits per heavy atom. The van der Waals surface area contributed by atoms with E-state index >= 15 is 0 Å². The van der Waals surface area contributed by atoms with Gasteiger partial charge in [-0.25, -0.2) is 12.8 Å². The lowest BCUT2D eigenvalue weighted by atomic mass is 10.2. The maximum Gasteiger partial charge on any atom is 0.243 e. The summed E-state index contributed by atoms with van der Waals surface area (Å²) in [5, 5.41) is 2.95. The number of halogens is 1. The molecule has 1 N–H and O–H groups in total. The zero-order valence-corrected chi connectivity index (χ0v) is 13.0. The lowest BCUT2D eigenvalue weighted by Gasteiger charge is -2.23. The molecule has 1 aromatic rings.